The number of unbranched alkanes of at least 4 members (excludes halogenated alkanes) is 3. The molecule has 2 aromatic rings. The van der Waals surface area contributed by atoms with E-state index < -0.39 is 0 Å². The van der Waals surface area contributed by atoms with Crippen LogP contribution in [0.15, 0.2) is 54.6 Å². The highest BCUT2D eigenvalue weighted by Crippen LogP contribution is 2.11. The van der Waals surface area contributed by atoms with E-state index in [1.807, 2.05) is 30.3 Å². The molecule has 1 amide bonds. The number of carbonyl (C=O) groups excluding carboxylic acids is 1. The van der Waals surface area contributed by atoms with Crippen molar-refractivity contribution < 1.29 is 14.3 Å². The van der Waals surface area contributed by atoms with Crippen molar-refractivity contribution in [3.05, 3.63) is 65.7 Å². The van der Waals surface area contributed by atoms with E-state index in [-0.39, 0.29) is 12.5 Å². The molecule has 5 nitrogen and oxygen atoms in total. The number of benzene rings is 2. The van der Waals surface area contributed by atoms with Crippen molar-refractivity contribution in [3.8, 4) is 17.6 Å². The van der Waals surface area contributed by atoms with E-state index in [9.17, 15) is 4.79 Å². The van der Waals surface area contributed by atoms with Crippen molar-refractivity contribution in [2.75, 3.05) is 40.5 Å². The molecule has 0 bridgehead atoms. The molecule has 0 aliphatic heterocycles. The second kappa shape index (κ2) is 15.1. The lowest BCUT2D eigenvalue weighted by Gasteiger charge is -2.11. The Morgan fingerprint density at radius 3 is 2.45 bits per heavy atom. The molecule has 5 heteroatoms. The van der Waals surface area contributed by atoms with Gasteiger partial charge in [0.15, 0.2) is 6.61 Å². The topological polar surface area (TPSA) is 50.8 Å². The fourth-order valence-corrected chi connectivity index (χ4v) is 2.81. The van der Waals surface area contributed by atoms with Crippen LogP contribution in [-0.4, -0.2) is 51.3 Å². The monoisotopic (exact) mass is 422 g/mol. The van der Waals surface area contributed by atoms with Crippen LogP contribution in [0, 0.1) is 11.8 Å². The summed E-state index contributed by atoms with van der Waals surface area (Å²) in [6, 6.07) is 17.9. The van der Waals surface area contributed by atoms with Gasteiger partial charge in [-0.15, -0.1) is 0 Å². The predicted octanol–water partition coefficient (Wildman–Crippen LogP) is 3.87. The lowest BCUT2D eigenvalue weighted by atomic mass is 10.2. The zero-order valence-electron chi connectivity index (χ0n) is 18.7. The van der Waals surface area contributed by atoms with E-state index in [4.69, 9.17) is 9.47 Å². The highest BCUT2D eigenvalue weighted by molar-refractivity contribution is 5.77. The Kier molecular flexibility index (Phi) is 11.9. The first-order valence-corrected chi connectivity index (χ1v) is 10.9. The van der Waals surface area contributed by atoms with Gasteiger partial charge < -0.3 is 19.7 Å². The first-order chi connectivity index (χ1) is 15.1. The lowest BCUT2D eigenvalue weighted by Crippen LogP contribution is -2.27. The van der Waals surface area contributed by atoms with Crippen LogP contribution < -0.4 is 10.1 Å². The van der Waals surface area contributed by atoms with Crippen LogP contribution in [0.25, 0.3) is 0 Å². The van der Waals surface area contributed by atoms with Gasteiger partial charge in [0.25, 0.3) is 5.91 Å². The number of hydrogen-bond donors (Lipinski definition) is 1. The van der Waals surface area contributed by atoms with Gasteiger partial charge in [0.05, 0.1) is 0 Å². The van der Waals surface area contributed by atoms with Gasteiger partial charge in [-0.2, -0.15) is 0 Å². The molecule has 1 N–H and O–H groups in total. The third-order valence-corrected chi connectivity index (χ3v) is 4.69. The molecule has 0 unspecified atom stereocenters. The van der Waals surface area contributed by atoms with Crippen molar-refractivity contribution in [3.63, 3.8) is 0 Å². The van der Waals surface area contributed by atoms with Gasteiger partial charge in [-0.3, -0.25) is 4.79 Å². The van der Waals surface area contributed by atoms with Gasteiger partial charge in [-0.25, -0.2) is 0 Å². The zero-order chi connectivity index (χ0) is 22.2. The number of likely N-dealkylation sites (N-methyl/N-ethyl adjacent to an activating group) is 1. The van der Waals surface area contributed by atoms with Crippen molar-refractivity contribution in [2.24, 2.45) is 0 Å². The van der Waals surface area contributed by atoms with Crippen LogP contribution in [0.4, 0.5) is 0 Å². The number of ether oxygens (including phenoxy) is 2. The maximum Gasteiger partial charge on any atom is 0.259 e. The van der Waals surface area contributed by atoms with Gasteiger partial charge in [0.2, 0.25) is 0 Å². The van der Waals surface area contributed by atoms with Crippen molar-refractivity contribution in [2.45, 2.75) is 32.2 Å². The Balaban J connectivity index is 1.45. The normalized spacial score (nSPS) is 10.3. The van der Waals surface area contributed by atoms with E-state index in [1.165, 1.54) is 29.7 Å². The van der Waals surface area contributed by atoms with Crippen LogP contribution in [0.3, 0.4) is 0 Å². The maximum absolute atomic E-state index is 11.5. The number of rotatable bonds is 13. The Hall–Kier alpha value is -2.81. The molecule has 31 heavy (non-hydrogen) atoms. The third-order valence-electron chi connectivity index (χ3n) is 4.69. The summed E-state index contributed by atoms with van der Waals surface area (Å²) in [4.78, 5) is 13.0. The van der Waals surface area contributed by atoms with Crippen molar-refractivity contribution in [1.29, 1.82) is 0 Å². The highest BCUT2D eigenvalue weighted by Gasteiger charge is 2.04. The smallest absolute Gasteiger partial charge is 0.259 e. The van der Waals surface area contributed by atoms with Crippen LogP contribution in [0.5, 0.6) is 5.75 Å². The summed E-state index contributed by atoms with van der Waals surface area (Å²) < 4.78 is 11.0. The summed E-state index contributed by atoms with van der Waals surface area (Å²) in [6.07, 6.45) is 4.65. The highest BCUT2D eigenvalue weighted by atomic mass is 16.5. The Labute approximate surface area is 186 Å². The number of hydrogen-bond acceptors (Lipinski definition) is 4. The van der Waals surface area contributed by atoms with E-state index in [1.54, 1.807) is 14.1 Å². The summed E-state index contributed by atoms with van der Waals surface area (Å²) in [5.41, 5.74) is 2.23. The minimum absolute atomic E-state index is 0.0378. The molecule has 0 saturated carbocycles. The van der Waals surface area contributed by atoms with Gasteiger partial charge >= 0.3 is 0 Å². The minimum atomic E-state index is -0.0688. The predicted molar refractivity (Wildman–Crippen MR) is 125 cm³/mol. The van der Waals surface area contributed by atoms with E-state index in [0.29, 0.717) is 12.4 Å². The molecule has 0 atom stereocenters. The fraction of sp³-hybridized carbons (Fsp3) is 0.423. The van der Waals surface area contributed by atoms with E-state index >= 15 is 0 Å². The largest absolute Gasteiger partial charge is 0.484 e. The number of amides is 1. The van der Waals surface area contributed by atoms with Crippen LogP contribution >= 0.6 is 0 Å². The molecule has 0 fully saturated rings. The summed E-state index contributed by atoms with van der Waals surface area (Å²) in [5, 5.41) is 3.48. The molecule has 0 aliphatic carbocycles. The third kappa shape index (κ3) is 11.2. The number of nitrogens with zero attached hydrogens (tertiary/aromatic N) is 1. The van der Waals surface area contributed by atoms with Gasteiger partial charge in [-0.05, 0) is 49.2 Å². The summed E-state index contributed by atoms with van der Waals surface area (Å²) in [5.74, 6) is 6.71. The van der Waals surface area contributed by atoms with Crippen molar-refractivity contribution in [1.82, 2.24) is 10.2 Å². The minimum Gasteiger partial charge on any atom is -0.484 e. The average molecular weight is 423 g/mol. The molecule has 0 spiro atoms. The molecular formula is C26H34N2O3. The van der Waals surface area contributed by atoms with Crippen molar-refractivity contribution >= 4 is 5.91 Å². The second-order valence-corrected chi connectivity index (χ2v) is 7.53. The Morgan fingerprint density at radius 2 is 1.71 bits per heavy atom. The molecule has 0 aromatic heterocycles. The maximum atomic E-state index is 11.5. The zero-order valence-corrected chi connectivity index (χ0v) is 18.7. The number of carbonyl (C=O) groups is 1. The molecular weight excluding hydrogens is 388 g/mol. The van der Waals surface area contributed by atoms with E-state index in [0.717, 1.165) is 31.7 Å². The second-order valence-electron chi connectivity index (χ2n) is 7.53. The fourth-order valence-electron chi connectivity index (χ4n) is 2.81. The molecule has 166 valence electrons. The molecule has 0 radical (unpaired) electrons. The average Bonchev–Trinajstić information content (AvgIpc) is 2.79. The summed E-state index contributed by atoms with van der Waals surface area (Å²) >= 11 is 0. The van der Waals surface area contributed by atoms with Gasteiger partial charge in [0, 0.05) is 32.8 Å². The van der Waals surface area contributed by atoms with E-state index in [2.05, 4.69) is 41.4 Å². The quantitative estimate of drug-likeness (QED) is 0.393. The molecule has 0 heterocycles. The molecule has 2 rings (SSSR count). The lowest BCUT2D eigenvalue weighted by molar-refractivity contribution is -0.130. The first-order valence-electron chi connectivity index (χ1n) is 10.9. The SMILES string of the molecule is CN(C)C(=O)COc1ccc(C#CCOCCCCCCNCc2ccccc2)cc1. The molecule has 0 saturated heterocycles. The summed E-state index contributed by atoms with van der Waals surface area (Å²) in [7, 11) is 3.41. The number of nitrogens with one attached hydrogen (secondary N) is 1. The van der Waals surface area contributed by atoms with Gasteiger partial charge in [0.1, 0.15) is 12.4 Å². The van der Waals surface area contributed by atoms with Gasteiger partial charge in [-0.1, -0.05) is 55.0 Å². The Bertz CT molecular complexity index is 808. The molecule has 2 aromatic carbocycles. The summed E-state index contributed by atoms with van der Waals surface area (Å²) in [6.45, 7) is 3.22. The molecule has 0 aliphatic rings. The van der Waals surface area contributed by atoms with Crippen LogP contribution in [0.2, 0.25) is 0 Å². The standard InChI is InChI=1S/C26H34N2O3/c1-28(2)26(29)22-31-25-16-14-23(15-17-25)13-10-20-30-19-9-4-3-8-18-27-21-24-11-6-5-7-12-24/h5-7,11-12,14-17,27H,3-4,8-9,18-22H2,1-2H3. The van der Waals surface area contributed by atoms with Crippen LogP contribution in [0.1, 0.15) is 36.8 Å². The first kappa shape index (κ1) is 24.5. The Morgan fingerprint density at radius 1 is 0.968 bits per heavy atom. The van der Waals surface area contributed by atoms with Crippen LogP contribution in [-0.2, 0) is 16.1 Å².